The number of ether oxygens (including phenoxy) is 3. The second kappa shape index (κ2) is 8.85. The summed E-state index contributed by atoms with van der Waals surface area (Å²) >= 11 is 0. The number of methoxy groups -OCH3 is 2. The number of hydrogen-bond donors (Lipinski definition) is 0. The Balaban J connectivity index is 1.59. The first-order chi connectivity index (χ1) is 14.7. The number of piperidine rings is 1. The van der Waals surface area contributed by atoms with Crippen LogP contribution in [0.3, 0.4) is 0 Å². The molecule has 1 atom stereocenters. The minimum Gasteiger partial charge on any atom is -0.467 e. The van der Waals surface area contributed by atoms with Gasteiger partial charge in [0.1, 0.15) is 5.69 Å². The van der Waals surface area contributed by atoms with Crippen molar-refractivity contribution in [3.05, 3.63) is 42.1 Å². The highest BCUT2D eigenvalue weighted by molar-refractivity contribution is 5.37. The predicted molar refractivity (Wildman–Crippen MR) is 108 cm³/mol. The van der Waals surface area contributed by atoms with E-state index in [1.54, 1.807) is 18.6 Å². The monoisotopic (exact) mass is 409 g/mol. The Labute approximate surface area is 174 Å². The van der Waals surface area contributed by atoms with Crippen molar-refractivity contribution < 1.29 is 14.2 Å². The Hall–Kier alpha value is -3.56. The Morgan fingerprint density at radius 2 is 1.73 bits per heavy atom. The number of aryl methyl sites for hydroxylation is 1. The SMILES string of the molecule is COc1nc(OC)nc(N2CCCC(c3nccnc3Oc3cccnc3C)C2)n1. The molecule has 4 rings (SSSR count). The van der Waals surface area contributed by atoms with Crippen LogP contribution < -0.4 is 19.1 Å². The predicted octanol–water partition coefficient (Wildman–Crippen LogP) is 2.56. The van der Waals surface area contributed by atoms with Gasteiger partial charge in [-0.1, -0.05) is 0 Å². The second-order valence-electron chi connectivity index (χ2n) is 6.83. The highest BCUT2D eigenvalue weighted by Crippen LogP contribution is 2.34. The lowest BCUT2D eigenvalue weighted by Gasteiger charge is -2.32. The third-order valence-corrected chi connectivity index (χ3v) is 4.89. The van der Waals surface area contributed by atoms with Gasteiger partial charge in [-0.2, -0.15) is 9.97 Å². The summed E-state index contributed by atoms with van der Waals surface area (Å²) in [7, 11) is 3.03. The molecule has 30 heavy (non-hydrogen) atoms. The number of aromatic nitrogens is 6. The topological polar surface area (TPSA) is 108 Å². The van der Waals surface area contributed by atoms with E-state index in [0.29, 0.717) is 24.1 Å². The average molecular weight is 409 g/mol. The Morgan fingerprint density at radius 3 is 2.47 bits per heavy atom. The van der Waals surface area contributed by atoms with Crippen LogP contribution in [0.2, 0.25) is 0 Å². The van der Waals surface area contributed by atoms with Crippen LogP contribution in [0, 0.1) is 6.92 Å². The van der Waals surface area contributed by atoms with Gasteiger partial charge < -0.3 is 19.1 Å². The summed E-state index contributed by atoms with van der Waals surface area (Å²) in [6.07, 6.45) is 6.95. The zero-order valence-corrected chi connectivity index (χ0v) is 17.1. The maximum Gasteiger partial charge on any atom is 0.324 e. The quantitative estimate of drug-likeness (QED) is 0.602. The highest BCUT2D eigenvalue weighted by atomic mass is 16.5. The first kappa shape index (κ1) is 19.7. The molecule has 10 heteroatoms. The van der Waals surface area contributed by atoms with Crippen LogP contribution in [-0.2, 0) is 0 Å². The lowest BCUT2D eigenvalue weighted by atomic mass is 9.95. The largest absolute Gasteiger partial charge is 0.467 e. The van der Waals surface area contributed by atoms with Crippen LogP contribution in [0.1, 0.15) is 30.1 Å². The summed E-state index contributed by atoms with van der Waals surface area (Å²) in [5.41, 5.74) is 1.60. The van der Waals surface area contributed by atoms with E-state index >= 15 is 0 Å². The summed E-state index contributed by atoms with van der Waals surface area (Å²) < 4.78 is 16.4. The maximum absolute atomic E-state index is 6.07. The van der Waals surface area contributed by atoms with E-state index in [2.05, 4.69) is 34.8 Å². The average Bonchev–Trinajstić information content (AvgIpc) is 2.80. The molecule has 0 saturated carbocycles. The van der Waals surface area contributed by atoms with Gasteiger partial charge in [0.25, 0.3) is 0 Å². The molecule has 0 aromatic carbocycles. The number of anilines is 1. The Kier molecular flexibility index (Phi) is 5.82. The van der Waals surface area contributed by atoms with E-state index in [1.807, 2.05) is 19.1 Å². The summed E-state index contributed by atoms with van der Waals surface area (Å²) in [6, 6.07) is 4.14. The molecule has 1 aliphatic rings. The van der Waals surface area contributed by atoms with Gasteiger partial charge in [0.15, 0.2) is 5.75 Å². The van der Waals surface area contributed by atoms with Crippen LogP contribution in [0.25, 0.3) is 0 Å². The van der Waals surface area contributed by atoms with Gasteiger partial charge >= 0.3 is 12.0 Å². The Bertz CT molecular complexity index is 995. The van der Waals surface area contributed by atoms with Crippen LogP contribution in [-0.4, -0.2) is 57.2 Å². The van der Waals surface area contributed by atoms with E-state index in [4.69, 9.17) is 14.2 Å². The fourth-order valence-corrected chi connectivity index (χ4v) is 3.41. The molecule has 0 amide bonds. The zero-order chi connectivity index (χ0) is 20.9. The summed E-state index contributed by atoms with van der Waals surface area (Å²) in [5.74, 6) is 1.77. The molecule has 0 aliphatic carbocycles. The van der Waals surface area contributed by atoms with Gasteiger partial charge in [-0.15, -0.1) is 4.98 Å². The number of rotatable bonds is 6. The van der Waals surface area contributed by atoms with Crippen molar-refractivity contribution in [1.82, 2.24) is 29.9 Å². The fourth-order valence-electron chi connectivity index (χ4n) is 3.41. The summed E-state index contributed by atoms with van der Waals surface area (Å²) in [5, 5.41) is 0. The molecule has 3 aromatic rings. The number of pyridine rings is 1. The Morgan fingerprint density at radius 1 is 0.967 bits per heavy atom. The van der Waals surface area contributed by atoms with Crippen molar-refractivity contribution in [2.75, 3.05) is 32.2 Å². The van der Waals surface area contributed by atoms with E-state index in [-0.39, 0.29) is 17.9 Å². The van der Waals surface area contributed by atoms with Gasteiger partial charge in [-0.05, 0) is 31.9 Å². The molecule has 156 valence electrons. The fraction of sp³-hybridized carbons (Fsp3) is 0.400. The van der Waals surface area contributed by atoms with Gasteiger partial charge in [0.05, 0.1) is 19.9 Å². The molecule has 1 saturated heterocycles. The molecule has 4 heterocycles. The first-order valence-corrected chi connectivity index (χ1v) is 9.67. The van der Waals surface area contributed by atoms with E-state index < -0.39 is 0 Å². The van der Waals surface area contributed by atoms with Crippen molar-refractivity contribution in [1.29, 1.82) is 0 Å². The van der Waals surface area contributed by atoms with Crippen LogP contribution in [0.4, 0.5) is 5.95 Å². The third-order valence-electron chi connectivity index (χ3n) is 4.89. The van der Waals surface area contributed by atoms with E-state index in [0.717, 1.165) is 30.8 Å². The zero-order valence-electron chi connectivity index (χ0n) is 17.1. The second-order valence-corrected chi connectivity index (χ2v) is 6.83. The smallest absolute Gasteiger partial charge is 0.324 e. The third kappa shape index (κ3) is 4.22. The minimum atomic E-state index is 0.105. The molecule has 0 N–H and O–H groups in total. The van der Waals surface area contributed by atoms with Crippen molar-refractivity contribution in [3.8, 4) is 23.7 Å². The molecule has 3 aromatic heterocycles. The van der Waals surface area contributed by atoms with Crippen molar-refractivity contribution >= 4 is 5.95 Å². The lowest BCUT2D eigenvalue weighted by Crippen LogP contribution is -2.36. The number of hydrogen-bond acceptors (Lipinski definition) is 10. The standard InChI is InChI=1S/C20H23N7O3/c1-13-15(7-4-8-21-13)30-17-16(22-9-10-23-17)14-6-5-11-27(12-14)18-24-19(28-2)26-20(25-18)29-3/h4,7-10,14H,5-6,11-12H2,1-3H3. The van der Waals surface area contributed by atoms with Crippen LogP contribution in [0.5, 0.6) is 23.7 Å². The van der Waals surface area contributed by atoms with Gasteiger partial charge in [0.2, 0.25) is 11.8 Å². The molecule has 0 spiro atoms. The van der Waals surface area contributed by atoms with Gasteiger partial charge in [-0.3, -0.25) is 9.97 Å². The van der Waals surface area contributed by atoms with Crippen LogP contribution >= 0.6 is 0 Å². The molecule has 1 fully saturated rings. The van der Waals surface area contributed by atoms with Crippen molar-refractivity contribution in [3.63, 3.8) is 0 Å². The van der Waals surface area contributed by atoms with Crippen LogP contribution in [0.15, 0.2) is 30.7 Å². The lowest BCUT2D eigenvalue weighted by molar-refractivity contribution is 0.338. The highest BCUT2D eigenvalue weighted by Gasteiger charge is 2.28. The van der Waals surface area contributed by atoms with E-state index in [9.17, 15) is 0 Å². The van der Waals surface area contributed by atoms with Gasteiger partial charge in [-0.25, -0.2) is 4.98 Å². The van der Waals surface area contributed by atoms with Crippen molar-refractivity contribution in [2.45, 2.75) is 25.7 Å². The molecule has 1 aliphatic heterocycles. The normalized spacial score (nSPS) is 16.2. The molecule has 10 nitrogen and oxygen atoms in total. The molecule has 0 radical (unpaired) electrons. The molecular weight excluding hydrogens is 386 g/mol. The molecule has 0 bridgehead atoms. The minimum absolute atomic E-state index is 0.105. The van der Waals surface area contributed by atoms with Crippen molar-refractivity contribution in [2.24, 2.45) is 0 Å². The number of nitrogens with zero attached hydrogens (tertiary/aromatic N) is 7. The van der Waals surface area contributed by atoms with Gasteiger partial charge in [0, 0.05) is 37.6 Å². The summed E-state index contributed by atoms with van der Waals surface area (Å²) in [4.78, 5) is 28.2. The maximum atomic E-state index is 6.07. The van der Waals surface area contributed by atoms with E-state index in [1.165, 1.54) is 14.2 Å². The summed E-state index contributed by atoms with van der Waals surface area (Å²) in [6.45, 7) is 3.37. The molecular formula is C20H23N7O3. The first-order valence-electron chi connectivity index (χ1n) is 9.67. The molecule has 1 unspecified atom stereocenters.